The van der Waals surface area contributed by atoms with Gasteiger partial charge in [0, 0.05) is 17.0 Å². The highest BCUT2D eigenvalue weighted by atomic mass is 15.1. The van der Waals surface area contributed by atoms with Gasteiger partial charge in [0.05, 0.1) is 0 Å². The molecular formula is C10H9N3. The molecule has 3 heteroatoms. The first-order valence-electron chi connectivity index (χ1n) is 3.94. The summed E-state index contributed by atoms with van der Waals surface area (Å²) in [6.45, 7) is 0.454. The van der Waals surface area contributed by atoms with Gasteiger partial charge in [-0.1, -0.05) is 29.2 Å². The molecule has 0 saturated carbocycles. The van der Waals surface area contributed by atoms with Gasteiger partial charge in [-0.3, -0.25) is 0 Å². The van der Waals surface area contributed by atoms with E-state index in [2.05, 4.69) is 15.9 Å². The van der Waals surface area contributed by atoms with Crippen LogP contribution in [0.5, 0.6) is 0 Å². The third-order valence-corrected chi connectivity index (χ3v) is 1.72. The van der Waals surface area contributed by atoms with E-state index in [4.69, 9.17) is 12.0 Å². The van der Waals surface area contributed by atoms with E-state index in [9.17, 15) is 0 Å². The molecule has 0 saturated heterocycles. The normalized spacial score (nSPS) is 8.54. The molecule has 0 aliphatic carbocycles. The molecule has 0 radical (unpaired) electrons. The summed E-state index contributed by atoms with van der Waals surface area (Å²) < 4.78 is 0. The average Bonchev–Trinajstić information content (AvgIpc) is 2.19. The number of terminal acetylenes is 1. The topological polar surface area (TPSA) is 48.8 Å². The minimum absolute atomic E-state index is 0.454. The zero-order chi connectivity index (χ0) is 9.52. The highest BCUT2D eigenvalue weighted by Gasteiger charge is 1.96. The van der Waals surface area contributed by atoms with Crippen LogP contribution in [-0.4, -0.2) is 6.54 Å². The van der Waals surface area contributed by atoms with Crippen LogP contribution < -0.4 is 0 Å². The maximum absolute atomic E-state index is 8.09. The van der Waals surface area contributed by atoms with Crippen LogP contribution in [0.2, 0.25) is 0 Å². The van der Waals surface area contributed by atoms with Crippen molar-refractivity contribution < 1.29 is 0 Å². The Morgan fingerprint density at radius 3 is 2.92 bits per heavy atom. The van der Waals surface area contributed by atoms with Crippen molar-refractivity contribution >= 4 is 0 Å². The van der Waals surface area contributed by atoms with Gasteiger partial charge >= 0.3 is 0 Å². The monoisotopic (exact) mass is 171 g/mol. The Hall–Kier alpha value is -1.91. The molecule has 1 rings (SSSR count). The van der Waals surface area contributed by atoms with E-state index in [1.165, 1.54) is 0 Å². The van der Waals surface area contributed by atoms with Crippen LogP contribution in [0.15, 0.2) is 29.4 Å². The van der Waals surface area contributed by atoms with Gasteiger partial charge in [-0.15, -0.1) is 6.42 Å². The van der Waals surface area contributed by atoms with Crippen LogP contribution in [0.25, 0.3) is 10.4 Å². The minimum Gasteiger partial charge on any atom is -0.115 e. The lowest BCUT2D eigenvalue weighted by molar-refractivity contribution is 0.953. The van der Waals surface area contributed by atoms with Crippen LogP contribution in [0.3, 0.4) is 0 Å². The Morgan fingerprint density at radius 1 is 1.46 bits per heavy atom. The van der Waals surface area contributed by atoms with Gasteiger partial charge in [0.2, 0.25) is 0 Å². The molecule has 0 aliphatic rings. The van der Waals surface area contributed by atoms with Gasteiger partial charge in [0.15, 0.2) is 0 Å². The molecule has 13 heavy (non-hydrogen) atoms. The van der Waals surface area contributed by atoms with Crippen molar-refractivity contribution in [3.63, 3.8) is 0 Å². The summed E-state index contributed by atoms with van der Waals surface area (Å²) in [6, 6.07) is 7.64. The molecule has 0 fully saturated rings. The van der Waals surface area contributed by atoms with Crippen molar-refractivity contribution in [3.8, 4) is 12.3 Å². The van der Waals surface area contributed by atoms with Gasteiger partial charge in [0.1, 0.15) is 0 Å². The number of hydrogen-bond donors (Lipinski definition) is 0. The number of hydrogen-bond acceptors (Lipinski definition) is 1. The summed E-state index contributed by atoms with van der Waals surface area (Å²) in [5, 5.41) is 3.45. The second-order valence-corrected chi connectivity index (χ2v) is 2.51. The van der Waals surface area contributed by atoms with E-state index in [-0.39, 0.29) is 0 Å². The fraction of sp³-hybridized carbons (Fsp3) is 0.200. The molecule has 3 nitrogen and oxygen atoms in total. The quantitative estimate of drug-likeness (QED) is 0.290. The maximum atomic E-state index is 8.09. The standard InChI is InChI=1S/C10H9N3/c1-2-9-5-3-4-6-10(9)7-8-12-13-11/h1,3-6H,7-8H2. The van der Waals surface area contributed by atoms with Crippen molar-refractivity contribution in [1.29, 1.82) is 0 Å². The molecule has 0 aliphatic heterocycles. The van der Waals surface area contributed by atoms with E-state index in [0.29, 0.717) is 13.0 Å². The predicted octanol–water partition coefficient (Wildman–Crippen LogP) is 2.52. The van der Waals surface area contributed by atoms with Gasteiger partial charge in [-0.2, -0.15) is 0 Å². The highest BCUT2D eigenvalue weighted by molar-refractivity contribution is 5.39. The van der Waals surface area contributed by atoms with Gasteiger partial charge in [0.25, 0.3) is 0 Å². The summed E-state index contributed by atoms with van der Waals surface area (Å²) in [5.41, 5.74) is 10.0. The molecule has 1 aromatic carbocycles. The first-order valence-corrected chi connectivity index (χ1v) is 3.94. The first-order chi connectivity index (χ1) is 6.38. The van der Waals surface area contributed by atoms with Crippen molar-refractivity contribution in [3.05, 3.63) is 45.8 Å². The van der Waals surface area contributed by atoms with Crippen molar-refractivity contribution in [2.24, 2.45) is 5.11 Å². The molecule has 64 valence electrons. The molecule has 0 bridgehead atoms. The zero-order valence-corrected chi connectivity index (χ0v) is 7.14. The second kappa shape index (κ2) is 4.87. The summed E-state index contributed by atoms with van der Waals surface area (Å²) in [6.07, 6.45) is 6.00. The van der Waals surface area contributed by atoms with E-state index in [1.807, 2.05) is 24.3 Å². The molecule has 0 aromatic heterocycles. The van der Waals surface area contributed by atoms with Crippen molar-refractivity contribution in [1.82, 2.24) is 0 Å². The first kappa shape index (κ1) is 9.18. The average molecular weight is 171 g/mol. The summed E-state index contributed by atoms with van der Waals surface area (Å²) >= 11 is 0. The summed E-state index contributed by atoms with van der Waals surface area (Å²) in [7, 11) is 0. The second-order valence-electron chi connectivity index (χ2n) is 2.51. The fourth-order valence-electron chi connectivity index (χ4n) is 1.09. The smallest absolute Gasteiger partial charge is 0.0298 e. The number of rotatable bonds is 3. The molecule has 0 heterocycles. The molecule has 0 amide bonds. The fourth-order valence-corrected chi connectivity index (χ4v) is 1.09. The van der Waals surface area contributed by atoms with Crippen molar-refractivity contribution in [2.45, 2.75) is 6.42 Å². The molecule has 0 unspecified atom stereocenters. The largest absolute Gasteiger partial charge is 0.115 e. The molecule has 0 atom stereocenters. The highest BCUT2D eigenvalue weighted by Crippen LogP contribution is 2.07. The lowest BCUT2D eigenvalue weighted by atomic mass is 10.1. The van der Waals surface area contributed by atoms with Crippen LogP contribution in [0.4, 0.5) is 0 Å². The summed E-state index contributed by atoms with van der Waals surface area (Å²) in [5.74, 6) is 2.59. The van der Waals surface area contributed by atoms with E-state index in [0.717, 1.165) is 11.1 Å². The van der Waals surface area contributed by atoms with E-state index in [1.54, 1.807) is 0 Å². The van der Waals surface area contributed by atoms with Gasteiger partial charge in [-0.25, -0.2) is 0 Å². The Bertz CT molecular complexity index is 370. The van der Waals surface area contributed by atoms with E-state index >= 15 is 0 Å². The third kappa shape index (κ3) is 2.55. The van der Waals surface area contributed by atoms with Crippen LogP contribution in [0.1, 0.15) is 11.1 Å². The summed E-state index contributed by atoms with van der Waals surface area (Å²) in [4.78, 5) is 2.68. The molecular weight excluding hydrogens is 162 g/mol. The minimum atomic E-state index is 0.454. The SMILES string of the molecule is C#Cc1ccccc1CCN=[N+]=[N-]. The van der Waals surface area contributed by atoms with Gasteiger partial charge < -0.3 is 0 Å². The number of nitrogens with zero attached hydrogens (tertiary/aromatic N) is 3. The van der Waals surface area contributed by atoms with Gasteiger partial charge in [-0.05, 0) is 23.6 Å². The Kier molecular flexibility index (Phi) is 3.44. The molecule has 0 spiro atoms. The third-order valence-electron chi connectivity index (χ3n) is 1.72. The van der Waals surface area contributed by atoms with Crippen LogP contribution >= 0.6 is 0 Å². The molecule has 0 N–H and O–H groups in total. The van der Waals surface area contributed by atoms with Crippen LogP contribution in [0, 0.1) is 12.3 Å². The van der Waals surface area contributed by atoms with Crippen molar-refractivity contribution in [2.75, 3.05) is 6.54 Å². The lowest BCUT2D eigenvalue weighted by Crippen LogP contribution is -1.92. The zero-order valence-electron chi connectivity index (χ0n) is 7.14. The lowest BCUT2D eigenvalue weighted by Gasteiger charge is -2.00. The predicted molar refractivity (Wildman–Crippen MR) is 52.1 cm³/mol. The molecule has 1 aromatic rings. The van der Waals surface area contributed by atoms with Crippen LogP contribution in [-0.2, 0) is 6.42 Å². The maximum Gasteiger partial charge on any atom is 0.0298 e. The number of azide groups is 1. The Morgan fingerprint density at radius 2 is 2.23 bits per heavy atom. The van der Waals surface area contributed by atoms with E-state index < -0.39 is 0 Å². The Labute approximate surface area is 77.0 Å². The Balaban J connectivity index is 2.76. The number of benzene rings is 1.